The van der Waals surface area contributed by atoms with E-state index in [0.29, 0.717) is 49.1 Å². The molecule has 32 heavy (non-hydrogen) atoms. The molecular weight excluding hydrogens is 446 g/mol. The SMILES string of the molecule is CCn1c(S[C@H](C)C(=O)c2ccc(C)cc2)nc2cc(S(=O)(=O)N3CCOCC3)ccc21. The summed E-state index contributed by atoms with van der Waals surface area (Å²) >= 11 is 1.39. The number of fused-ring (bicyclic) bond motifs is 1. The van der Waals surface area contributed by atoms with Gasteiger partial charge in [-0.3, -0.25) is 4.79 Å². The molecule has 0 saturated carbocycles. The Morgan fingerprint density at radius 1 is 1.16 bits per heavy atom. The van der Waals surface area contributed by atoms with Crippen molar-refractivity contribution in [1.82, 2.24) is 13.9 Å². The molecule has 1 atom stereocenters. The van der Waals surface area contributed by atoms with Crippen molar-refractivity contribution in [3.05, 3.63) is 53.6 Å². The first-order valence-electron chi connectivity index (χ1n) is 10.7. The van der Waals surface area contributed by atoms with E-state index in [2.05, 4.69) is 0 Å². The Kier molecular flexibility index (Phi) is 6.71. The van der Waals surface area contributed by atoms with Crippen LogP contribution in [0.3, 0.4) is 0 Å². The molecule has 9 heteroatoms. The summed E-state index contributed by atoms with van der Waals surface area (Å²) in [4.78, 5) is 17.8. The zero-order valence-electron chi connectivity index (χ0n) is 18.4. The number of hydrogen-bond donors (Lipinski definition) is 0. The first-order chi connectivity index (χ1) is 15.3. The molecule has 1 saturated heterocycles. The average Bonchev–Trinajstić information content (AvgIpc) is 3.15. The minimum atomic E-state index is -3.60. The summed E-state index contributed by atoms with van der Waals surface area (Å²) in [5.41, 5.74) is 3.25. The third kappa shape index (κ3) is 4.47. The van der Waals surface area contributed by atoms with Crippen molar-refractivity contribution >= 4 is 38.6 Å². The Labute approximate surface area is 192 Å². The fourth-order valence-corrected chi connectivity index (χ4v) is 6.24. The number of ether oxygens (including phenoxy) is 1. The van der Waals surface area contributed by atoms with Crippen molar-refractivity contribution < 1.29 is 17.9 Å². The zero-order chi connectivity index (χ0) is 22.9. The second-order valence-electron chi connectivity index (χ2n) is 7.80. The summed E-state index contributed by atoms with van der Waals surface area (Å²) in [5, 5.41) is 0.382. The van der Waals surface area contributed by atoms with Crippen LogP contribution in [0.25, 0.3) is 11.0 Å². The molecule has 0 radical (unpaired) electrons. The van der Waals surface area contributed by atoms with Crippen LogP contribution in [0.4, 0.5) is 0 Å². The lowest BCUT2D eigenvalue weighted by Crippen LogP contribution is -2.40. The van der Waals surface area contributed by atoms with Crippen LogP contribution in [0, 0.1) is 6.92 Å². The van der Waals surface area contributed by atoms with Crippen molar-refractivity contribution in [2.75, 3.05) is 26.3 Å². The number of carbonyl (C=O) groups excluding carboxylic acids is 1. The van der Waals surface area contributed by atoms with Gasteiger partial charge in [0.2, 0.25) is 10.0 Å². The Balaban J connectivity index is 1.62. The van der Waals surface area contributed by atoms with Gasteiger partial charge >= 0.3 is 0 Å². The summed E-state index contributed by atoms with van der Waals surface area (Å²) < 4.78 is 34.8. The minimum Gasteiger partial charge on any atom is -0.379 e. The molecule has 1 fully saturated rings. The maximum absolute atomic E-state index is 13.0. The zero-order valence-corrected chi connectivity index (χ0v) is 20.1. The smallest absolute Gasteiger partial charge is 0.243 e. The molecule has 170 valence electrons. The number of imidazole rings is 1. The normalized spacial score (nSPS) is 16.3. The van der Waals surface area contributed by atoms with Crippen molar-refractivity contribution in [2.45, 2.75) is 42.6 Å². The summed E-state index contributed by atoms with van der Waals surface area (Å²) in [5.74, 6) is 0.0419. The highest BCUT2D eigenvalue weighted by Gasteiger charge is 2.27. The van der Waals surface area contributed by atoms with E-state index in [4.69, 9.17) is 9.72 Å². The average molecular weight is 474 g/mol. The van der Waals surface area contributed by atoms with Crippen molar-refractivity contribution in [3.63, 3.8) is 0 Å². The summed E-state index contributed by atoms with van der Waals surface area (Å²) in [6.45, 7) is 8.05. The highest BCUT2D eigenvalue weighted by atomic mass is 32.2. The van der Waals surface area contributed by atoms with E-state index in [1.54, 1.807) is 18.2 Å². The van der Waals surface area contributed by atoms with Crippen molar-refractivity contribution in [3.8, 4) is 0 Å². The van der Waals surface area contributed by atoms with Gasteiger partial charge in [0.1, 0.15) is 0 Å². The van der Waals surface area contributed by atoms with Crippen LogP contribution in [-0.2, 0) is 21.3 Å². The van der Waals surface area contributed by atoms with Gasteiger partial charge in [-0.25, -0.2) is 13.4 Å². The highest BCUT2D eigenvalue weighted by Crippen LogP contribution is 2.30. The van der Waals surface area contributed by atoms with Gasteiger partial charge in [0.25, 0.3) is 0 Å². The molecule has 0 unspecified atom stereocenters. The molecular formula is C23H27N3O4S2. The number of carbonyl (C=O) groups is 1. The number of aryl methyl sites for hydroxylation is 2. The summed E-state index contributed by atoms with van der Waals surface area (Å²) in [7, 11) is -3.60. The number of hydrogen-bond acceptors (Lipinski definition) is 6. The number of ketones is 1. The number of thioether (sulfide) groups is 1. The largest absolute Gasteiger partial charge is 0.379 e. The highest BCUT2D eigenvalue weighted by molar-refractivity contribution is 8.00. The Bertz CT molecular complexity index is 1230. The van der Waals surface area contributed by atoms with Gasteiger partial charge in [0.15, 0.2) is 10.9 Å². The molecule has 4 rings (SSSR count). The van der Waals surface area contributed by atoms with Gasteiger partial charge in [-0.1, -0.05) is 41.6 Å². The number of morpholine rings is 1. The van der Waals surface area contributed by atoms with Gasteiger partial charge in [-0.05, 0) is 39.0 Å². The topological polar surface area (TPSA) is 81.5 Å². The van der Waals surface area contributed by atoms with Crippen molar-refractivity contribution in [1.29, 1.82) is 0 Å². The van der Waals surface area contributed by atoms with E-state index in [1.807, 2.05) is 49.6 Å². The third-order valence-electron chi connectivity index (χ3n) is 5.60. The molecule has 7 nitrogen and oxygen atoms in total. The van der Waals surface area contributed by atoms with Gasteiger partial charge in [-0.15, -0.1) is 0 Å². The summed E-state index contributed by atoms with van der Waals surface area (Å²) in [6.07, 6.45) is 0. The molecule has 2 aromatic carbocycles. The van der Waals surface area contributed by atoms with Crippen LogP contribution in [-0.4, -0.2) is 59.6 Å². The molecule has 1 aliphatic heterocycles. The number of Topliss-reactive ketones (excluding diaryl/α,β-unsaturated/α-hetero) is 1. The van der Waals surface area contributed by atoms with E-state index in [9.17, 15) is 13.2 Å². The predicted octanol–water partition coefficient (Wildman–Crippen LogP) is 3.75. The van der Waals surface area contributed by atoms with Gasteiger partial charge in [-0.2, -0.15) is 4.31 Å². The van der Waals surface area contributed by atoms with Gasteiger partial charge in [0.05, 0.1) is 34.4 Å². The number of benzene rings is 2. The molecule has 0 aliphatic carbocycles. The van der Waals surface area contributed by atoms with E-state index in [-0.39, 0.29) is 15.9 Å². The standard InChI is InChI=1S/C23H27N3O4S2/c1-4-26-21-10-9-19(32(28,29)25-11-13-30-14-12-25)15-20(21)24-23(26)31-17(3)22(27)18-7-5-16(2)6-8-18/h5-10,15,17H,4,11-14H2,1-3H3/t17-/m1/s1. The molecule has 1 aromatic heterocycles. The lowest BCUT2D eigenvalue weighted by molar-refractivity contribution is 0.0730. The third-order valence-corrected chi connectivity index (χ3v) is 8.58. The Hall–Kier alpha value is -2.20. The first kappa shape index (κ1) is 23.0. The summed E-state index contributed by atoms with van der Waals surface area (Å²) in [6, 6.07) is 12.6. The minimum absolute atomic E-state index is 0.0419. The van der Waals surface area contributed by atoms with Crippen LogP contribution in [0.15, 0.2) is 52.5 Å². The van der Waals surface area contributed by atoms with Crippen LogP contribution in [0.1, 0.15) is 29.8 Å². The van der Waals surface area contributed by atoms with Gasteiger partial charge in [0, 0.05) is 25.2 Å². The van der Waals surface area contributed by atoms with E-state index in [0.717, 1.165) is 11.1 Å². The number of sulfonamides is 1. The monoisotopic (exact) mass is 473 g/mol. The Morgan fingerprint density at radius 2 is 1.84 bits per heavy atom. The number of aromatic nitrogens is 2. The molecule has 3 aromatic rings. The van der Waals surface area contributed by atoms with Gasteiger partial charge < -0.3 is 9.30 Å². The lowest BCUT2D eigenvalue weighted by atomic mass is 10.1. The quantitative estimate of drug-likeness (QED) is 0.384. The molecule has 1 aliphatic rings. The molecule has 0 amide bonds. The molecule has 0 N–H and O–H groups in total. The molecule has 0 spiro atoms. The maximum atomic E-state index is 13.0. The molecule has 2 heterocycles. The second kappa shape index (κ2) is 9.35. The second-order valence-corrected chi connectivity index (χ2v) is 11.0. The number of rotatable bonds is 7. The Morgan fingerprint density at radius 3 is 2.50 bits per heavy atom. The van der Waals surface area contributed by atoms with E-state index < -0.39 is 10.0 Å². The lowest BCUT2D eigenvalue weighted by Gasteiger charge is -2.26. The predicted molar refractivity (Wildman–Crippen MR) is 126 cm³/mol. The first-order valence-corrected chi connectivity index (χ1v) is 13.0. The fourth-order valence-electron chi connectivity index (χ4n) is 3.74. The van der Waals surface area contributed by atoms with E-state index in [1.165, 1.54) is 16.1 Å². The van der Waals surface area contributed by atoms with E-state index >= 15 is 0 Å². The van der Waals surface area contributed by atoms with Crippen molar-refractivity contribution in [2.24, 2.45) is 0 Å². The molecule has 0 bridgehead atoms. The van der Waals surface area contributed by atoms with Crippen LogP contribution >= 0.6 is 11.8 Å². The van der Waals surface area contributed by atoms with Crippen LogP contribution < -0.4 is 0 Å². The van der Waals surface area contributed by atoms with Crippen LogP contribution in [0.2, 0.25) is 0 Å². The fraction of sp³-hybridized carbons (Fsp3) is 0.391. The number of nitrogens with zero attached hydrogens (tertiary/aromatic N) is 3. The maximum Gasteiger partial charge on any atom is 0.243 e. The van der Waals surface area contributed by atoms with Crippen LogP contribution in [0.5, 0.6) is 0 Å².